The second-order valence-corrected chi connectivity index (χ2v) is 9.41. The highest BCUT2D eigenvalue weighted by Gasteiger charge is 2.26. The molecular weight excluding hydrogens is 428 g/mol. The average Bonchev–Trinajstić information content (AvgIpc) is 3.47. The third-order valence-corrected chi connectivity index (χ3v) is 6.86. The van der Waals surface area contributed by atoms with E-state index in [9.17, 15) is 4.79 Å². The van der Waals surface area contributed by atoms with Crippen LogP contribution in [0.4, 0.5) is 0 Å². The van der Waals surface area contributed by atoms with Gasteiger partial charge in [0.1, 0.15) is 6.33 Å². The topological polar surface area (TPSA) is 87.5 Å². The lowest BCUT2D eigenvalue weighted by atomic mass is 9.88. The average molecular weight is 461 g/mol. The van der Waals surface area contributed by atoms with E-state index in [-0.39, 0.29) is 5.91 Å². The number of ether oxygens (including phenoxy) is 1. The smallest absolute Gasteiger partial charge is 0.236 e. The molecule has 1 aromatic carbocycles. The highest BCUT2D eigenvalue weighted by Crippen LogP contribution is 2.39. The molecule has 4 aromatic rings. The molecule has 0 radical (unpaired) electrons. The van der Waals surface area contributed by atoms with Gasteiger partial charge in [-0.05, 0) is 55.1 Å². The van der Waals surface area contributed by atoms with Crippen LogP contribution in [-0.2, 0) is 4.79 Å². The van der Waals surface area contributed by atoms with Crippen LogP contribution in [0.15, 0.2) is 36.8 Å². The number of rotatable bonds is 6. The van der Waals surface area contributed by atoms with Gasteiger partial charge < -0.3 is 19.9 Å². The van der Waals surface area contributed by atoms with Crippen LogP contribution in [0.25, 0.3) is 27.8 Å². The number of nitrogens with one attached hydrogen (secondary N) is 2. The summed E-state index contributed by atoms with van der Waals surface area (Å²) >= 11 is 0. The molecule has 178 valence electrons. The van der Waals surface area contributed by atoms with Crippen molar-refractivity contribution in [1.29, 1.82) is 0 Å². The number of H-pyrrole nitrogens is 1. The van der Waals surface area contributed by atoms with Crippen molar-refractivity contribution >= 4 is 22.5 Å². The molecule has 0 spiro atoms. The van der Waals surface area contributed by atoms with Crippen molar-refractivity contribution in [3.63, 3.8) is 0 Å². The second kappa shape index (κ2) is 9.10. The number of fused-ring (bicyclic) bond motifs is 2. The zero-order valence-corrected chi connectivity index (χ0v) is 20.3. The molecule has 1 unspecified atom stereocenters. The van der Waals surface area contributed by atoms with Crippen LogP contribution in [0, 0.1) is 0 Å². The number of nitrogens with zero attached hydrogens (tertiary/aromatic N) is 4. The van der Waals surface area contributed by atoms with Crippen LogP contribution in [0.5, 0.6) is 5.75 Å². The Hall–Kier alpha value is -3.39. The van der Waals surface area contributed by atoms with Gasteiger partial charge in [-0.3, -0.25) is 4.79 Å². The summed E-state index contributed by atoms with van der Waals surface area (Å²) in [6.07, 6.45) is 5.67. The summed E-state index contributed by atoms with van der Waals surface area (Å²) in [4.78, 5) is 22.4. The molecule has 34 heavy (non-hydrogen) atoms. The zero-order chi connectivity index (χ0) is 23.8. The van der Waals surface area contributed by atoms with Gasteiger partial charge in [-0.15, -0.1) is 0 Å². The van der Waals surface area contributed by atoms with Gasteiger partial charge in [0.25, 0.3) is 0 Å². The van der Waals surface area contributed by atoms with E-state index in [1.165, 1.54) is 22.8 Å². The zero-order valence-electron chi connectivity index (χ0n) is 20.3. The van der Waals surface area contributed by atoms with Crippen molar-refractivity contribution in [3.8, 4) is 17.0 Å². The number of pyridine rings is 1. The number of likely N-dealkylation sites (N-methyl/N-ethyl adjacent to an activating group) is 1. The summed E-state index contributed by atoms with van der Waals surface area (Å²) in [5, 5.41) is 8.55. The van der Waals surface area contributed by atoms with Crippen molar-refractivity contribution in [2.24, 2.45) is 0 Å². The van der Waals surface area contributed by atoms with E-state index in [4.69, 9.17) is 4.74 Å². The molecule has 1 fully saturated rings. The molecule has 1 amide bonds. The Kier molecular flexibility index (Phi) is 6.00. The minimum atomic E-state index is 0.178. The predicted molar refractivity (Wildman–Crippen MR) is 133 cm³/mol. The number of aromatic nitrogens is 4. The van der Waals surface area contributed by atoms with Crippen molar-refractivity contribution in [1.82, 2.24) is 29.8 Å². The third-order valence-electron chi connectivity index (χ3n) is 6.86. The SMILES string of the molecule is CNCC(=O)N1CCCC(c2ccc3[nH]c(-c4cc(OC)c5ncnn5c4)c(C(C)C)c3c2)C1. The number of hydrogen-bond acceptors (Lipinski definition) is 5. The first kappa shape index (κ1) is 22.4. The van der Waals surface area contributed by atoms with Crippen molar-refractivity contribution < 1.29 is 9.53 Å². The minimum absolute atomic E-state index is 0.178. The maximum atomic E-state index is 12.5. The van der Waals surface area contributed by atoms with Gasteiger partial charge in [0.2, 0.25) is 5.91 Å². The van der Waals surface area contributed by atoms with Crippen LogP contribution in [0.1, 0.15) is 49.7 Å². The Morgan fingerprint density at radius 3 is 2.94 bits per heavy atom. The first-order chi connectivity index (χ1) is 16.5. The Morgan fingerprint density at radius 2 is 2.18 bits per heavy atom. The van der Waals surface area contributed by atoms with Crippen LogP contribution in [0.2, 0.25) is 0 Å². The number of carbonyl (C=O) groups excluding carboxylic acids is 1. The fourth-order valence-electron chi connectivity index (χ4n) is 5.23. The van der Waals surface area contributed by atoms with E-state index in [1.807, 2.05) is 24.2 Å². The number of amides is 1. The minimum Gasteiger partial charge on any atom is -0.493 e. The van der Waals surface area contributed by atoms with Gasteiger partial charge in [0.05, 0.1) is 19.3 Å². The first-order valence-electron chi connectivity index (χ1n) is 12.0. The standard InChI is InChI=1S/C26H32N6O2/c1-16(2)24-20-10-17(18-6-5-9-31(13-18)23(33)12-27-3)7-8-21(20)30-25(24)19-11-22(34-4)26-28-15-29-32(26)14-19/h7-8,10-11,14-16,18,27,30H,5-6,9,12-13H2,1-4H3. The van der Waals surface area contributed by atoms with Crippen molar-refractivity contribution in [2.75, 3.05) is 33.8 Å². The van der Waals surface area contributed by atoms with Crippen LogP contribution in [-0.4, -0.2) is 64.2 Å². The number of piperidine rings is 1. The van der Waals surface area contributed by atoms with Gasteiger partial charge in [-0.25, -0.2) is 9.50 Å². The maximum Gasteiger partial charge on any atom is 0.236 e. The van der Waals surface area contributed by atoms with E-state index in [2.05, 4.69) is 52.4 Å². The lowest BCUT2D eigenvalue weighted by molar-refractivity contribution is -0.131. The predicted octanol–water partition coefficient (Wildman–Crippen LogP) is 3.94. The van der Waals surface area contributed by atoms with Gasteiger partial charge >= 0.3 is 0 Å². The molecule has 1 aliphatic rings. The highest BCUT2D eigenvalue weighted by atomic mass is 16.5. The summed E-state index contributed by atoms with van der Waals surface area (Å²) < 4.78 is 7.35. The molecule has 8 heteroatoms. The van der Waals surface area contributed by atoms with E-state index in [0.29, 0.717) is 29.8 Å². The molecule has 0 aliphatic carbocycles. The summed E-state index contributed by atoms with van der Waals surface area (Å²) in [6.45, 7) is 6.47. The van der Waals surface area contributed by atoms with E-state index in [0.717, 1.165) is 42.7 Å². The van der Waals surface area contributed by atoms with E-state index < -0.39 is 0 Å². The molecule has 1 saturated heterocycles. The molecule has 1 atom stereocenters. The highest BCUT2D eigenvalue weighted by molar-refractivity contribution is 5.92. The van der Waals surface area contributed by atoms with Crippen molar-refractivity contribution in [3.05, 3.63) is 47.9 Å². The fourth-order valence-corrected chi connectivity index (χ4v) is 5.23. The van der Waals surface area contributed by atoms with E-state index >= 15 is 0 Å². The first-order valence-corrected chi connectivity index (χ1v) is 12.0. The largest absolute Gasteiger partial charge is 0.493 e. The van der Waals surface area contributed by atoms with Crippen LogP contribution in [0.3, 0.4) is 0 Å². The quantitative estimate of drug-likeness (QED) is 0.455. The molecule has 2 N–H and O–H groups in total. The van der Waals surface area contributed by atoms with Crippen LogP contribution >= 0.6 is 0 Å². The lowest BCUT2D eigenvalue weighted by Gasteiger charge is -2.33. The van der Waals surface area contributed by atoms with Crippen LogP contribution < -0.4 is 10.1 Å². The normalized spacial score (nSPS) is 16.6. The summed E-state index contributed by atoms with van der Waals surface area (Å²) in [5.74, 6) is 1.54. The molecule has 0 bridgehead atoms. The number of likely N-dealkylation sites (tertiary alicyclic amines) is 1. The second-order valence-electron chi connectivity index (χ2n) is 9.41. The molecule has 4 heterocycles. The molecule has 3 aromatic heterocycles. The van der Waals surface area contributed by atoms with Gasteiger partial charge in [-0.1, -0.05) is 19.9 Å². The summed E-state index contributed by atoms with van der Waals surface area (Å²) in [5.41, 5.74) is 6.47. The summed E-state index contributed by atoms with van der Waals surface area (Å²) in [6, 6.07) is 8.74. The Bertz CT molecular complexity index is 1340. The molecule has 0 saturated carbocycles. The van der Waals surface area contributed by atoms with E-state index in [1.54, 1.807) is 11.6 Å². The Morgan fingerprint density at radius 1 is 1.32 bits per heavy atom. The van der Waals surface area contributed by atoms with Gasteiger partial charge in [0.15, 0.2) is 11.4 Å². The molecule has 1 aliphatic heterocycles. The maximum absolute atomic E-state index is 12.5. The number of aromatic amines is 1. The summed E-state index contributed by atoms with van der Waals surface area (Å²) in [7, 11) is 3.48. The number of carbonyl (C=O) groups is 1. The molecule has 5 rings (SSSR count). The van der Waals surface area contributed by atoms with Gasteiger partial charge in [-0.2, -0.15) is 5.10 Å². The number of hydrogen-bond donors (Lipinski definition) is 2. The Balaban J connectivity index is 1.56. The fraction of sp³-hybridized carbons (Fsp3) is 0.423. The van der Waals surface area contributed by atoms with Crippen molar-refractivity contribution in [2.45, 2.75) is 38.5 Å². The number of benzene rings is 1. The lowest BCUT2D eigenvalue weighted by Crippen LogP contribution is -2.42. The molecule has 8 nitrogen and oxygen atoms in total. The molecular formula is C26H32N6O2. The third kappa shape index (κ3) is 3.92. The Labute approximate surface area is 199 Å². The monoisotopic (exact) mass is 460 g/mol. The van der Waals surface area contributed by atoms with Gasteiger partial charge in [0, 0.05) is 41.7 Å². The number of methoxy groups -OCH3 is 1.